The molecule has 2 rings (SSSR count). The van der Waals surface area contributed by atoms with Crippen molar-refractivity contribution >= 4 is 23.2 Å². The van der Waals surface area contributed by atoms with Crippen LogP contribution in [0.25, 0.3) is 0 Å². The molecule has 1 fully saturated rings. The fourth-order valence-corrected chi connectivity index (χ4v) is 2.17. The average Bonchev–Trinajstić information content (AvgIpc) is 3.06. The Morgan fingerprint density at radius 1 is 1.53 bits per heavy atom. The van der Waals surface area contributed by atoms with E-state index < -0.39 is 5.97 Å². The molecule has 7 heteroatoms. The van der Waals surface area contributed by atoms with E-state index in [9.17, 15) is 9.59 Å². The van der Waals surface area contributed by atoms with Crippen LogP contribution < -0.4 is 5.32 Å². The van der Waals surface area contributed by atoms with E-state index in [1.807, 2.05) is 0 Å². The maximum atomic E-state index is 11.6. The van der Waals surface area contributed by atoms with Crippen LogP contribution >= 0.6 is 11.3 Å². The molecule has 1 aromatic rings. The van der Waals surface area contributed by atoms with Gasteiger partial charge < -0.3 is 15.2 Å². The highest BCUT2D eigenvalue weighted by Crippen LogP contribution is 2.28. The first-order chi connectivity index (χ1) is 9.16. The van der Waals surface area contributed by atoms with Crippen LogP contribution in [-0.4, -0.2) is 41.7 Å². The number of amides is 1. The number of rotatable bonds is 8. The minimum Gasteiger partial charge on any atom is -0.476 e. The molecule has 0 radical (unpaired) electrons. The van der Waals surface area contributed by atoms with Crippen LogP contribution in [0.1, 0.15) is 39.6 Å². The Labute approximate surface area is 114 Å². The Bertz CT molecular complexity index is 456. The van der Waals surface area contributed by atoms with Gasteiger partial charge in [0, 0.05) is 25.1 Å². The second-order valence-electron chi connectivity index (χ2n) is 4.47. The molecular formula is C12H16N2O4S. The highest BCUT2D eigenvalue weighted by atomic mass is 32.1. The summed E-state index contributed by atoms with van der Waals surface area (Å²) in [5.74, 6) is -0.706. The zero-order valence-corrected chi connectivity index (χ0v) is 11.2. The Balaban J connectivity index is 1.61. The van der Waals surface area contributed by atoms with E-state index >= 15 is 0 Å². The summed E-state index contributed by atoms with van der Waals surface area (Å²) >= 11 is 1.03. The first-order valence-corrected chi connectivity index (χ1v) is 7.09. The smallest absolute Gasteiger partial charge is 0.355 e. The second-order valence-corrected chi connectivity index (χ2v) is 5.33. The summed E-state index contributed by atoms with van der Waals surface area (Å²) in [5, 5.41) is 12.9. The molecule has 0 unspecified atom stereocenters. The number of nitrogens with one attached hydrogen (secondary N) is 1. The molecule has 1 aliphatic rings. The van der Waals surface area contributed by atoms with Crippen molar-refractivity contribution < 1.29 is 19.4 Å². The van der Waals surface area contributed by atoms with Gasteiger partial charge in [-0.1, -0.05) is 0 Å². The fourth-order valence-electron chi connectivity index (χ4n) is 1.46. The largest absolute Gasteiger partial charge is 0.476 e. The monoisotopic (exact) mass is 284 g/mol. The fraction of sp³-hybridized carbons (Fsp3) is 0.583. The standard InChI is InChI=1S/C12H16N2O4S/c15-10(11-14-9(7-19-11)12(16)17)13-4-1-5-18-6-8-2-3-8/h7-8H,1-6H2,(H,13,15)(H,16,17). The number of thiazole rings is 1. The third-order valence-electron chi connectivity index (χ3n) is 2.72. The number of aromatic nitrogens is 1. The number of hydrogen-bond acceptors (Lipinski definition) is 5. The van der Waals surface area contributed by atoms with E-state index in [1.54, 1.807) is 0 Å². The zero-order chi connectivity index (χ0) is 13.7. The van der Waals surface area contributed by atoms with Gasteiger partial charge in [-0.3, -0.25) is 4.79 Å². The Hall–Kier alpha value is -1.47. The van der Waals surface area contributed by atoms with E-state index in [0.717, 1.165) is 30.3 Å². The van der Waals surface area contributed by atoms with Crippen LogP contribution in [0.4, 0.5) is 0 Å². The third-order valence-corrected chi connectivity index (χ3v) is 3.56. The van der Waals surface area contributed by atoms with Crippen molar-refractivity contribution in [2.45, 2.75) is 19.3 Å². The van der Waals surface area contributed by atoms with Crippen molar-refractivity contribution in [2.75, 3.05) is 19.8 Å². The van der Waals surface area contributed by atoms with Gasteiger partial charge in [0.1, 0.15) is 0 Å². The molecule has 1 saturated carbocycles. The predicted octanol–water partition coefficient (Wildman–Crippen LogP) is 1.39. The summed E-state index contributed by atoms with van der Waals surface area (Å²) < 4.78 is 5.44. The lowest BCUT2D eigenvalue weighted by molar-refractivity contribution is 0.0691. The SMILES string of the molecule is O=C(O)c1csc(C(=O)NCCCOCC2CC2)n1. The van der Waals surface area contributed by atoms with Gasteiger partial charge in [0.2, 0.25) is 0 Å². The molecule has 0 spiro atoms. The molecule has 0 aliphatic heterocycles. The molecule has 0 aromatic carbocycles. The van der Waals surface area contributed by atoms with Gasteiger partial charge in [-0.2, -0.15) is 0 Å². The summed E-state index contributed by atoms with van der Waals surface area (Å²) in [6.07, 6.45) is 3.29. The summed E-state index contributed by atoms with van der Waals surface area (Å²) in [6.45, 7) is 1.96. The van der Waals surface area contributed by atoms with Crippen molar-refractivity contribution in [2.24, 2.45) is 5.92 Å². The Morgan fingerprint density at radius 3 is 2.95 bits per heavy atom. The molecule has 0 bridgehead atoms. The predicted molar refractivity (Wildman–Crippen MR) is 69.6 cm³/mol. The number of hydrogen-bond donors (Lipinski definition) is 2. The van der Waals surface area contributed by atoms with Crippen LogP contribution in [-0.2, 0) is 4.74 Å². The molecular weight excluding hydrogens is 268 g/mol. The van der Waals surface area contributed by atoms with E-state index in [-0.39, 0.29) is 16.6 Å². The van der Waals surface area contributed by atoms with E-state index in [0.29, 0.717) is 13.2 Å². The van der Waals surface area contributed by atoms with Crippen LogP contribution in [0, 0.1) is 5.92 Å². The second kappa shape index (κ2) is 6.63. The minimum atomic E-state index is -1.12. The lowest BCUT2D eigenvalue weighted by Gasteiger charge is -2.04. The lowest BCUT2D eigenvalue weighted by Crippen LogP contribution is -2.25. The third kappa shape index (κ3) is 4.60. The molecule has 0 atom stereocenters. The van der Waals surface area contributed by atoms with Crippen molar-refractivity contribution in [3.8, 4) is 0 Å². The maximum absolute atomic E-state index is 11.6. The average molecular weight is 284 g/mol. The molecule has 19 heavy (non-hydrogen) atoms. The van der Waals surface area contributed by atoms with Crippen LogP contribution in [0.3, 0.4) is 0 Å². The van der Waals surface area contributed by atoms with Gasteiger partial charge in [-0.05, 0) is 25.2 Å². The number of carbonyl (C=O) groups is 2. The zero-order valence-electron chi connectivity index (χ0n) is 10.4. The number of ether oxygens (including phenoxy) is 1. The van der Waals surface area contributed by atoms with Crippen LogP contribution in [0.5, 0.6) is 0 Å². The molecule has 2 N–H and O–H groups in total. The summed E-state index contributed by atoms with van der Waals surface area (Å²) in [5.41, 5.74) is -0.0945. The van der Waals surface area contributed by atoms with Crippen molar-refractivity contribution in [1.29, 1.82) is 0 Å². The van der Waals surface area contributed by atoms with Crippen LogP contribution in [0.15, 0.2) is 5.38 Å². The number of nitrogens with zero attached hydrogens (tertiary/aromatic N) is 1. The molecule has 0 saturated heterocycles. The summed E-state index contributed by atoms with van der Waals surface area (Å²) in [7, 11) is 0. The van der Waals surface area contributed by atoms with Crippen molar-refractivity contribution in [3.63, 3.8) is 0 Å². The van der Waals surface area contributed by atoms with Crippen LogP contribution in [0.2, 0.25) is 0 Å². The summed E-state index contributed by atoms with van der Waals surface area (Å²) in [6, 6.07) is 0. The van der Waals surface area contributed by atoms with Gasteiger partial charge in [0.25, 0.3) is 5.91 Å². The Morgan fingerprint density at radius 2 is 2.32 bits per heavy atom. The van der Waals surface area contributed by atoms with E-state index in [1.165, 1.54) is 18.2 Å². The molecule has 1 heterocycles. The van der Waals surface area contributed by atoms with Gasteiger partial charge in [-0.15, -0.1) is 11.3 Å². The van der Waals surface area contributed by atoms with E-state index in [2.05, 4.69) is 10.3 Å². The lowest BCUT2D eigenvalue weighted by atomic mass is 10.4. The van der Waals surface area contributed by atoms with Gasteiger partial charge in [-0.25, -0.2) is 9.78 Å². The molecule has 1 amide bonds. The highest BCUT2D eigenvalue weighted by Gasteiger charge is 2.20. The summed E-state index contributed by atoms with van der Waals surface area (Å²) in [4.78, 5) is 26.0. The number of carboxylic acid groups (broad SMARTS) is 1. The number of aromatic carboxylic acids is 1. The van der Waals surface area contributed by atoms with Gasteiger partial charge >= 0.3 is 5.97 Å². The molecule has 1 aliphatic carbocycles. The number of carbonyl (C=O) groups excluding carboxylic acids is 1. The molecule has 6 nitrogen and oxygen atoms in total. The number of carboxylic acids is 1. The quantitative estimate of drug-likeness (QED) is 0.704. The molecule has 1 aromatic heterocycles. The van der Waals surface area contributed by atoms with Gasteiger partial charge in [0.05, 0.1) is 0 Å². The van der Waals surface area contributed by atoms with Crippen molar-refractivity contribution in [3.05, 3.63) is 16.1 Å². The highest BCUT2D eigenvalue weighted by molar-refractivity contribution is 7.11. The maximum Gasteiger partial charge on any atom is 0.355 e. The first kappa shape index (κ1) is 14.0. The van der Waals surface area contributed by atoms with Gasteiger partial charge in [0.15, 0.2) is 10.7 Å². The Kier molecular flexibility index (Phi) is 4.86. The first-order valence-electron chi connectivity index (χ1n) is 6.21. The topological polar surface area (TPSA) is 88.5 Å². The molecule has 104 valence electrons. The minimum absolute atomic E-state index is 0.0945. The van der Waals surface area contributed by atoms with E-state index in [4.69, 9.17) is 9.84 Å². The normalized spacial score (nSPS) is 14.3. The van der Waals surface area contributed by atoms with Crippen molar-refractivity contribution in [1.82, 2.24) is 10.3 Å².